The lowest BCUT2D eigenvalue weighted by Crippen LogP contribution is -2.23. The molecule has 4 heteroatoms. The lowest BCUT2D eigenvalue weighted by atomic mass is 10.0. The molecule has 0 fully saturated rings. The van der Waals surface area contributed by atoms with Gasteiger partial charge >= 0.3 is 0 Å². The van der Waals surface area contributed by atoms with Crippen LogP contribution < -0.4 is 14.2 Å². The summed E-state index contributed by atoms with van der Waals surface area (Å²) in [7, 11) is 7.25. The van der Waals surface area contributed by atoms with Crippen LogP contribution >= 0.6 is 0 Å². The number of methoxy groups -OCH3 is 3. The Bertz CT molecular complexity index is 1030. The quantitative estimate of drug-likeness (QED) is 0.321. The van der Waals surface area contributed by atoms with Crippen molar-refractivity contribution in [3.05, 3.63) is 89.0 Å². The molecule has 33 heavy (non-hydrogen) atoms. The van der Waals surface area contributed by atoms with Crippen molar-refractivity contribution in [2.24, 2.45) is 0 Å². The van der Waals surface area contributed by atoms with Crippen LogP contribution in [0.4, 0.5) is 0 Å². The summed E-state index contributed by atoms with van der Waals surface area (Å²) in [6.45, 7) is 2.03. The molecule has 0 aliphatic rings. The molecule has 3 aromatic rings. The monoisotopic (exact) mass is 445 g/mol. The van der Waals surface area contributed by atoms with Crippen LogP contribution in [0.15, 0.2) is 66.7 Å². The summed E-state index contributed by atoms with van der Waals surface area (Å²) in [5.74, 6) is 2.46. The van der Waals surface area contributed by atoms with E-state index >= 15 is 0 Å². The Labute approximate surface area is 198 Å². The molecule has 0 aromatic heterocycles. The van der Waals surface area contributed by atoms with E-state index in [1.165, 1.54) is 22.3 Å². The number of hydrogen-bond donors (Lipinski definition) is 0. The second-order valence-electron chi connectivity index (χ2n) is 8.15. The molecule has 0 unspecified atom stereocenters. The third-order valence-electron chi connectivity index (χ3n) is 5.82. The minimum Gasteiger partial charge on any atom is -0.497 e. The van der Waals surface area contributed by atoms with Gasteiger partial charge in [0, 0.05) is 6.54 Å². The van der Waals surface area contributed by atoms with Crippen molar-refractivity contribution < 1.29 is 14.2 Å². The van der Waals surface area contributed by atoms with Gasteiger partial charge in [0.05, 0.1) is 21.3 Å². The summed E-state index contributed by atoms with van der Waals surface area (Å²) in [6, 6.07) is 22.9. The fraction of sp³-hybridized carbons (Fsp3) is 0.310. The second kappa shape index (κ2) is 12.7. The topological polar surface area (TPSA) is 30.9 Å². The summed E-state index contributed by atoms with van der Waals surface area (Å²) in [6.07, 6.45) is 7.43. The van der Waals surface area contributed by atoms with E-state index < -0.39 is 0 Å². The van der Waals surface area contributed by atoms with E-state index in [0.717, 1.165) is 49.6 Å². The lowest BCUT2D eigenvalue weighted by Gasteiger charge is -2.18. The molecule has 0 aliphatic carbocycles. The van der Waals surface area contributed by atoms with Gasteiger partial charge in [0.2, 0.25) is 0 Å². The molecule has 0 amide bonds. The Hall–Kier alpha value is -3.24. The molecule has 174 valence electrons. The first kappa shape index (κ1) is 24.4. The maximum absolute atomic E-state index is 5.47. The van der Waals surface area contributed by atoms with E-state index in [2.05, 4.69) is 72.6 Å². The average molecular weight is 446 g/mol. The van der Waals surface area contributed by atoms with E-state index in [9.17, 15) is 0 Å². The maximum atomic E-state index is 5.47. The van der Waals surface area contributed by atoms with Crippen molar-refractivity contribution in [2.45, 2.75) is 19.3 Å². The maximum Gasteiger partial charge on any atom is 0.160 e. The minimum atomic E-state index is 0.769. The van der Waals surface area contributed by atoms with Gasteiger partial charge < -0.3 is 19.1 Å². The van der Waals surface area contributed by atoms with Crippen molar-refractivity contribution >= 4 is 12.2 Å². The molecule has 3 aromatic carbocycles. The van der Waals surface area contributed by atoms with Crippen molar-refractivity contribution in [1.82, 2.24) is 4.90 Å². The molecule has 4 nitrogen and oxygen atoms in total. The smallest absolute Gasteiger partial charge is 0.160 e. The highest BCUT2D eigenvalue weighted by Gasteiger charge is 2.07. The van der Waals surface area contributed by atoms with Crippen molar-refractivity contribution in [1.29, 1.82) is 0 Å². The molecule has 0 bridgehead atoms. The standard InChI is InChI=1S/C29H35NO3/c1-30(20-18-24-13-17-28(32-3)29(21-24)33-4)19-8-11-26-22-27(31-2)16-15-25(26)14-12-23-9-6-5-7-10-23/h5-7,9-10,12-17,21-22H,8,11,18-20H2,1-4H3. The molecule has 3 rings (SSSR count). The number of ether oxygens (including phenoxy) is 3. The molecule has 0 N–H and O–H groups in total. The van der Waals surface area contributed by atoms with Crippen LogP contribution in [-0.2, 0) is 12.8 Å². The lowest BCUT2D eigenvalue weighted by molar-refractivity contribution is 0.332. The van der Waals surface area contributed by atoms with Crippen LogP contribution in [-0.4, -0.2) is 46.4 Å². The summed E-state index contributed by atoms with van der Waals surface area (Å²) in [5, 5.41) is 0. The van der Waals surface area contributed by atoms with E-state index in [1.807, 2.05) is 18.2 Å². The summed E-state index contributed by atoms with van der Waals surface area (Å²) >= 11 is 0. The molecule has 0 spiro atoms. The van der Waals surface area contributed by atoms with Crippen LogP contribution in [0.2, 0.25) is 0 Å². The van der Waals surface area contributed by atoms with Crippen molar-refractivity contribution in [3.63, 3.8) is 0 Å². The number of hydrogen-bond acceptors (Lipinski definition) is 4. The highest BCUT2D eigenvalue weighted by molar-refractivity contribution is 5.71. The van der Waals surface area contributed by atoms with Gasteiger partial charge in [-0.05, 0) is 79.4 Å². The van der Waals surface area contributed by atoms with Crippen LogP contribution in [0.5, 0.6) is 17.2 Å². The third-order valence-corrected chi connectivity index (χ3v) is 5.82. The molecule has 0 saturated heterocycles. The largest absolute Gasteiger partial charge is 0.497 e. The van der Waals surface area contributed by atoms with Crippen LogP contribution in [0.3, 0.4) is 0 Å². The van der Waals surface area contributed by atoms with Gasteiger partial charge in [-0.25, -0.2) is 0 Å². The van der Waals surface area contributed by atoms with Gasteiger partial charge in [0.1, 0.15) is 5.75 Å². The van der Waals surface area contributed by atoms with Crippen molar-refractivity contribution in [3.8, 4) is 17.2 Å². The van der Waals surface area contributed by atoms with Crippen molar-refractivity contribution in [2.75, 3.05) is 41.5 Å². The van der Waals surface area contributed by atoms with Crippen LogP contribution in [0, 0.1) is 0 Å². The Morgan fingerprint density at radius 3 is 2.24 bits per heavy atom. The van der Waals surface area contributed by atoms with Gasteiger partial charge in [-0.15, -0.1) is 0 Å². The fourth-order valence-electron chi connectivity index (χ4n) is 3.85. The molecule has 0 aliphatic heterocycles. The average Bonchev–Trinajstić information content (AvgIpc) is 2.87. The first-order valence-electron chi connectivity index (χ1n) is 11.4. The molecular weight excluding hydrogens is 410 g/mol. The van der Waals surface area contributed by atoms with Gasteiger partial charge in [-0.1, -0.05) is 54.6 Å². The molecule has 0 atom stereocenters. The molecule has 0 saturated carbocycles. The zero-order chi connectivity index (χ0) is 23.5. The van der Waals surface area contributed by atoms with E-state index in [4.69, 9.17) is 14.2 Å². The molecular formula is C29H35NO3. The Kier molecular flexibility index (Phi) is 9.40. The van der Waals surface area contributed by atoms with E-state index in [0.29, 0.717) is 0 Å². The zero-order valence-corrected chi connectivity index (χ0v) is 20.2. The predicted molar refractivity (Wildman–Crippen MR) is 137 cm³/mol. The van der Waals surface area contributed by atoms with Gasteiger partial charge in [0.25, 0.3) is 0 Å². The predicted octanol–water partition coefficient (Wildman–Crippen LogP) is 5.99. The molecule has 0 heterocycles. The Balaban J connectivity index is 1.55. The summed E-state index contributed by atoms with van der Waals surface area (Å²) in [4.78, 5) is 2.39. The number of aryl methyl sites for hydroxylation is 1. The zero-order valence-electron chi connectivity index (χ0n) is 20.2. The van der Waals surface area contributed by atoms with E-state index in [1.54, 1.807) is 21.3 Å². The summed E-state index contributed by atoms with van der Waals surface area (Å²) < 4.78 is 16.2. The van der Waals surface area contributed by atoms with Gasteiger partial charge in [-0.2, -0.15) is 0 Å². The third kappa shape index (κ3) is 7.40. The number of rotatable bonds is 12. The second-order valence-corrected chi connectivity index (χ2v) is 8.15. The number of benzene rings is 3. The summed E-state index contributed by atoms with van der Waals surface area (Å²) in [5.41, 5.74) is 5.01. The minimum absolute atomic E-state index is 0.769. The number of nitrogens with zero attached hydrogens (tertiary/aromatic N) is 1. The van der Waals surface area contributed by atoms with Crippen LogP contribution in [0.1, 0.15) is 28.7 Å². The highest BCUT2D eigenvalue weighted by Crippen LogP contribution is 2.27. The number of likely N-dealkylation sites (N-methyl/N-ethyl adjacent to an activating group) is 1. The first-order valence-corrected chi connectivity index (χ1v) is 11.4. The first-order chi connectivity index (χ1) is 16.1. The van der Waals surface area contributed by atoms with Crippen LogP contribution in [0.25, 0.3) is 12.2 Å². The van der Waals surface area contributed by atoms with Gasteiger partial charge in [0.15, 0.2) is 11.5 Å². The normalized spacial score (nSPS) is 11.2. The van der Waals surface area contributed by atoms with Gasteiger partial charge in [-0.3, -0.25) is 0 Å². The Morgan fingerprint density at radius 1 is 0.727 bits per heavy atom. The highest BCUT2D eigenvalue weighted by atomic mass is 16.5. The molecule has 0 radical (unpaired) electrons. The SMILES string of the molecule is COc1ccc(C=Cc2ccccc2)c(CCCN(C)CCc2ccc(OC)c(OC)c2)c1. The Morgan fingerprint density at radius 2 is 1.52 bits per heavy atom. The fourth-order valence-corrected chi connectivity index (χ4v) is 3.85. The van der Waals surface area contributed by atoms with E-state index in [-0.39, 0.29) is 0 Å².